The van der Waals surface area contributed by atoms with Crippen LogP contribution in [0.15, 0.2) is 24.3 Å². The van der Waals surface area contributed by atoms with Gasteiger partial charge in [0.1, 0.15) is 0 Å². The maximum Gasteiger partial charge on any atom is 0.0153 e. The molecular weight excluding hydrogens is 182 g/mol. The van der Waals surface area contributed by atoms with E-state index < -0.39 is 0 Å². The van der Waals surface area contributed by atoms with Crippen LogP contribution < -0.4 is 5.32 Å². The Labute approximate surface area is 91.9 Å². The van der Waals surface area contributed by atoms with Crippen LogP contribution in [0.4, 0.5) is 0 Å². The molecule has 2 aliphatic rings. The van der Waals surface area contributed by atoms with Gasteiger partial charge in [0.25, 0.3) is 0 Å². The average Bonchev–Trinajstić information content (AvgIpc) is 2.17. The van der Waals surface area contributed by atoms with E-state index in [2.05, 4.69) is 36.5 Å². The van der Waals surface area contributed by atoms with Gasteiger partial charge in [0.05, 0.1) is 0 Å². The lowest BCUT2D eigenvalue weighted by Crippen LogP contribution is -2.50. The van der Waals surface area contributed by atoms with Crippen LogP contribution in [0.3, 0.4) is 0 Å². The SMILES string of the molecule is CC1(NCC2Cc3ccccc32)CCC1. The second kappa shape index (κ2) is 3.34. The smallest absolute Gasteiger partial charge is 0.0153 e. The fourth-order valence-corrected chi connectivity index (χ4v) is 2.80. The van der Waals surface area contributed by atoms with Gasteiger partial charge in [-0.15, -0.1) is 0 Å². The van der Waals surface area contributed by atoms with Crippen molar-refractivity contribution in [2.45, 2.75) is 44.1 Å². The number of nitrogens with one attached hydrogen (secondary N) is 1. The Morgan fingerprint density at radius 3 is 2.80 bits per heavy atom. The van der Waals surface area contributed by atoms with Gasteiger partial charge in [0.15, 0.2) is 0 Å². The summed E-state index contributed by atoms with van der Waals surface area (Å²) >= 11 is 0. The third-order valence-corrected chi connectivity index (χ3v) is 4.19. The van der Waals surface area contributed by atoms with Gasteiger partial charge in [-0.25, -0.2) is 0 Å². The fourth-order valence-electron chi connectivity index (χ4n) is 2.80. The second-order valence-electron chi connectivity index (χ2n) is 5.39. The van der Waals surface area contributed by atoms with Gasteiger partial charge >= 0.3 is 0 Å². The van der Waals surface area contributed by atoms with E-state index in [1.807, 2.05) is 0 Å². The first-order valence-corrected chi connectivity index (χ1v) is 6.10. The van der Waals surface area contributed by atoms with E-state index in [0.717, 1.165) is 5.92 Å². The summed E-state index contributed by atoms with van der Waals surface area (Å²) in [5.74, 6) is 0.777. The van der Waals surface area contributed by atoms with Crippen LogP contribution in [0.25, 0.3) is 0 Å². The molecule has 0 heterocycles. The van der Waals surface area contributed by atoms with E-state index in [4.69, 9.17) is 0 Å². The molecule has 0 amide bonds. The molecule has 1 aromatic carbocycles. The van der Waals surface area contributed by atoms with Crippen LogP contribution >= 0.6 is 0 Å². The van der Waals surface area contributed by atoms with E-state index in [0.29, 0.717) is 5.54 Å². The molecule has 0 spiro atoms. The first-order valence-electron chi connectivity index (χ1n) is 6.10. The number of fused-ring (bicyclic) bond motifs is 1. The third-order valence-electron chi connectivity index (χ3n) is 4.19. The van der Waals surface area contributed by atoms with Crippen LogP contribution in [0, 0.1) is 0 Å². The summed E-state index contributed by atoms with van der Waals surface area (Å²) < 4.78 is 0. The maximum absolute atomic E-state index is 3.74. The molecule has 0 saturated heterocycles. The Morgan fingerprint density at radius 2 is 2.13 bits per heavy atom. The molecule has 1 fully saturated rings. The quantitative estimate of drug-likeness (QED) is 0.793. The van der Waals surface area contributed by atoms with Crippen molar-refractivity contribution in [2.75, 3.05) is 6.54 Å². The molecule has 1 aromatic rings. The second-order valence-corrected chi connectivity index (χ2v) is 5.39. The van der Waals surface area contributed by atoms with Crippen LogP contribution in [0.2, 0.25) is 0 Å². The van der Waals surface area contributed by atoms with E-state index in [1.165, 1.54) is 32.2 Å². The van der Waals surface area contributed by atoms with E-state index >= 15 is 0 Å². The van der Waals surface area contributed by atoms with Gasteiger partial charge in [-0.1, -0.05) is 24.3 Å². The van der Waals surface area contributed by atoms with E-state index in [-0.39, 0.29) is 0 Å². The van der Waals surface area contributed by atoms with Crippen molar-refractivity contribution in [1.29, 1.82) is 0 Å². The van der Waals surface area contributed by atoms with Gasteiger partial charge < -0.3 is 5.32 Å². The van der Waals surface area contributed by atoms with E-state index in [9.17, 15) is 0 Å². The molecule has 1 atom stereocenters. The first-order chi connectivity index (χ1) is 7.27. The lowest BCUT2D eigenvalue weighted by atomic mass is 9.75. The Kier molecular flexibility index (Phi) is 2.10. The van der Waals surface area contributed by atoms with Gasteiger partial charge in [-0.05, 0) is 43.7 Å². The molecule has 3 rings (SSSR count). The minimum Gasteiger partial charge on any atom is -0.311 e. The lowest BCUT2D eigenvalue weighted by molar-refractivity contribution is 0.203. The average molecular weight is 201 g/mol. The van der Waals surface area contributed by atoms with Crippen molar-refractivity contribution in [3.63, 3.8) is 0 Å². The van der Waals surface area contributed by atoms with Gasteiger partial charge in [0, 0.05) is 18.0 Å². The van der Waals surface area contributed by atoms with E-state index in [1.54, 1.807) is 11.1 Å². The maximum atomic E-state index is 3.74. The number of benzene rings is 1. The zero-order valence-electron chi connectivity index (χ0n) is 9.42. The molecule has 1 N–H and O–H groups in total. The number of hydrogen-bond acceptors (Lipinski definition) is 1. The largest absolute Gasteiger partial charge is 0.311 e. The topological polar surface area (TPSA) is 12.0 Å². The monoisotopic (exact) mass is 201 g/mol. The molecule has 0 aliphatic heterocycles. The minimum absolute atomic E-state index is 0.463. The van der Waals surface area contributed by atoms with Crippen LogP contribution in [-0.2, 0) is 6.42 Å². The van der Waals surface area contributed by atoms with Gasteiger partial charge in [0.2, 0.25) is 0 Å². The lowest BCUT2D eigenvalue weighted by Gasteiger charge is -2.42. The highest BCUT2D eigenvalue weighted by Crippen LogP contribution is 2.36. The highest BCUT2D eigenvalue weighted by Gasteiger charge is 2.33. The molecule has 80 valence electrons. The van der Waals surface area contributed by atoms with Crippen molar-refractivity contribution < 1.29 is 0 Å². The highest BCUT2D eigenvalue weighted by atomic mass is 15.0. The predicted molar refractivity (Wildman–Crippen MR) is 63.1 cm³/mol. The normalized spacial score (nSPS) is 26.3. The molecule has 1 unspecified atom stereocenters. The predicted octanol–water partition coefficient (Wildman–Crippen LogP) is 2.86. The molecule has 1 heteroatoms. The van der Waals surface area contributed by atoms with Crippen molar-refractivity contribution in [3.8, 4) is 0 Å². The molecule has 1 nitrogen and oxygen atoms in total. The van der Waals surface area contributed by atoms with Gasteiger partial charge in [-0.3, -0.25) is 0 Å². The third kappa shape index (κ3) is 1.59. The summed E-state index contributed by atoms with van der Waals surface area (Å²) in [6, 6.07) is 8.86. The molecular formula is C14H19N. The number of hydrogen-bond donors (Lipinski definition) is 1. The summed E-state index contributed by atoms with van der Waals surface area (Å²) in [6.07, 6.45) is 5.41. The fraction of sp³-hybridized carbons (Fsp3) is 0.571. The standard InChI is InChI=1S/C14H19N/c1-14(7-4-8-14)15-10-12-9-11-5-2-3-6-13(11)12/h2-3,5-6,12,15H,4,7-10H2,1H3. The van der Waals surface area contributed by atoms with Crippen LogP contribution in [-0.4, -0.2) is 12.1 Å². The summed E-state index contributed by atoms with van der Waals surface area (Å²) in [6.45, 7) is 3.54. The summed E-state index contributed by atoms with van der Waals surface area (Å²) in [7, 11) is 0. The summed E-state index contributed by atoms with van der Waals surface area (Å²) in [4.78, 5) is 0. The zero-order valence-corrected chi connectivity index (χ0v) is 9.42. The van der Waals surface area contributed by atoms with Gasteiger partial charge in [-0.2, -0.15) is 0 Å². The number of rotatable bonds is 3. The Morgan fingerprint density at radius 1 is 1.33 bits per heavy atom. The highest BCUT2D eigenvalue weighted by molar-refractivity contribution is 5.40. The van der Waals surface area contributed by atoms with Crippen LogP contribution in [0.5, 0.6) is 0 Å². The van der Waals surface area contributed by atoms with Crippen molar-refractivity contribution in [3.05, 3.63) is 35.4 Å². The molecule has 1 saturated carbocycles. The molecule has 0 bridgehead atoms. The zero-order chi connectivity index (χ0) is 10.3. The Hall–Kier alpha value is -0.820. The van der Waals surface area contributed by atoms with Crippen molar-refractivity contribution in [1.82, 2.24) is 5.32 Å². The van der Waals surface area contributed by atoms with Crippen molar-refractivity contribution in [2.24, 2.45) is 0 Å². The molecule has 0 aromatic heterocycles. The molecule has 2 aliphatic carbocycles. The summed E-state index contributed by atoms with van der Waals surface area (Å²) in [5, 5.41) is 3.74. The molecule has 15 heavy (non-hydrogen) atoms. The first kappa shape index (κ1) is 9.41. The Balaban J connectivity index is 1.59. The van der Waals surface area contributed by atoms with Crippen LogP contribution in [0.1, 0.15) is 43.2 Å². The summed E-state index contributed by atoms with van der Waals surface area (Å²) in [5.41, 5.74) is 3.60. The van der Waals surface area contributed by atoms with Crippen molar-refractivity contribution >= 4 is 0 Å². The Bertz CT molecular complexity index is 365. The minimum atomic E-state index is 0.463. The molecule has 0 radical (unpaired) electrons.